The van der Waals surface area contributed by atoms with Gasteiger partial charge in [-0.1, -0.05) is 48.0 Å². The molecule has 1 saturated heterocycles. The molecule has 4 aromatic rings. The highest BCUT2D eigenvalue weighted by atomic mass is 35.5. The molecule has 0 radical (unpaired) electrons. The molecular formula is C27H26ClN3O2. The van der Waals surface area contributed by atoms with Crippen LogP contribution in [-0.2, 0) is 6.54 Å². The normalized spacial score (nSPS) is 15.1. The van der Waals surface area contributed by atoms with E-state index >= 15 is 0 Å². The van der Waals surface area contributed by atoms with Crippen molar-refractivity contribution in [3.05, 3.63) is 89.3 Å². The van der Waals surface area contributed by atoms with Gasteiger partial charge >= 0.3 is 0 Å². The summed E-state index contributed by atoms with van der Waals surface area (Å²) in [6.07, 6.45) is 3.52. The number of para-hydroxylation sites is 1. The number of rotatable bonds is 5. The molecule has 0 saturated carbocycles. The van der Waals surface area contributed by atoms with Gasteiger partial charge in [-0.3, -0.25) is 4.79 Å². The fourth-order valence-electron chi connectivity index (χ4n) is 4.56. The average Bonchev–Trinajstić information content (AvgIpc) is 3.36. The first-order valence-corrected chi connectivity index (χ1v) is 11.6. The van der Waals surface area contributed by atoms with Crippen LogP contribution in [0.15, 0.2) is 77.4 Å². The molecule has 3 heterocycles. The second kappa shape index (κ2) is 9.38. The van der Waals surface area contributed by atoms with Crippen LogP contribution in [-0.4, -0.2) is 46.9 Å². The number of carbonyl (C=O) groups is 1. The zero-order valence-electron chi connectivity index (χ0n) is 18.6. The predicted molar refractivity (Wildman–Crippen MR) is 131 cm³/mol. The number of hydrogen-bond acceptors (Lipinski definition) is 4. The highest BCUT2D eigenvalue weighted by Gasteiger charge is 2.30. The SMILES string of the molecule is CN1CCC(N(Cc2ccco2)C(=O)c2cc(-c3ccccc3Cl)nc3ccccc23)CC1. The van der Waals surface area contributed by atoms with Crippen LogP contribution in [0.2, 0.25) is 5.02 Å². The Morgan fingerprint density at radius 1 is 1.09 bits per heavy atom. The maximum absolute atomic E-state index is 14.1. The number of benzene rings is 2. The van der Waals surface area contributed by atoms with E-state index in [2.05, 4.69) is 11.9 Å². The Kier molecular flexibility index (Phi) is 6.16. The second-order valence-corrected chi connectivity index (χ2v) is 9.01. The maximum Gasteiger partial charge on any atom is 0.255 e. The van der Waals surface area contributed by atoms with Crippen molar-refractivity contribution in [1.82, 2.24) is 14.8 Å². The fourth-order valence-corrected chi connectivity index (χ4v) is 4.79. The number of likely N-dealkylation sites (tertiary alicyclic amines) is 1. The molecule has 0 unspecified atom stereocenters. The molecule has 6 heteroatoms. The summed E-state index contributed by atoms with van der Waals surface area (Å²) < 4.78 is 5.62. The molecule has 2 aromatic heterocycles. The molecule has 1 amide bonds. The topological polar surface area (TPSA) is 49.6 Å². The van der Waals surface area contributed by atoms with E-state index < -0.39 is 0 Å². The first-order valence-electron chi connectivity index (χ1n) is 11.3. The quantitative estimate of drug-likeness (QED) is 0.373. The Bertz CT molecular complexity index is 1260. The Labute approximate surface area is 198 Å². The van der Waals surface area contributed by atoms with Crippen LogP contribution in [0.4, 0.5) is 0 Å². The Morgan fingerprint density at radius 2 is 1.85 bits per heavy atom. The molecule has 0 aliphatic carbocycles. The summed E-state index contributed by atoms with van der Waals surface area (Å²) >= 11 is 6.48. The number of halogens is 1. The van der Waals surface area contributed by atoms with Crippen LogP contribution in [0.25, 0.3) is 22.2 Å². The minimum absolute atomic E-state index is 0.00661. The van der Waals surface area contributed by atoms with Gasteiger partial charge in [0.25, 0.3) is 5.91 Å². The molecule has 5 nitrogen and oxygen atoms in total. The fraction of sp³-hybridized carbons (Fsp3) is 0.259. The zero-order chi connectivity index (χ0) is 22.8. The number of furan rings is 1. The lowest BCUT2D eigenvalue weighted by molar-refractivity contribution is 0.0552. The number of amides is 1. The van der Waals surface area contributed by atoms with Gasteiger partial charge in [-0.05, 0) is 63.3 Å². The van der Waals surface area contributed by atoms with Crippen molar-refractivity contribution in [2.24, 2.45) is 0 Å². The Morgan fingerprint density at radius 3 is 2.61 bits per heavy atom. The van der Waals surface area contributed by atoms with Crippen LogP contribution in [0, 0.1) is 0 Å². The van der Waals surface area contributed by atoms with Crippen molar-refractivity contribution in [3.8, 4) is 11.3 Å². The lowest BCUT2D eigenvalue weighted by atomic mass is 9.99. The van der Waals surface area contributed by atoms with Gasteiger partial charge in [-0.2, -0.15) is 0 Å². The summed E-state index contributed by atoms with van der Waals surface area (Å²) in [5.74, 6) is 0.778. The molecule has 0 bridgehead atoms. The number of pyridine rings is 1. The molecule has 1 fully saturated rings. The summed E-state index contributed by atoms with van der Waals surface area (Å²) in [5, 5.41) is 1.46. The number of nitrogens with zero attached hydrogens (tertiary/aromatic N) is 3. The molecule has 0 atom stereocenters. The lowest BCUT2D eigenvalue weighted by Gasteiger charge is -2.37. The van der Waals surface area contributed by atoms with Crippen molar-refractivity contribution in [3.63, 3.8) is 0 Å². The minimum Gasteiger partial charge on any atom is -0.467 e. The summed E-state index contributed by atoms with van der Waals surface area (Å²) in [5.41, 5.74) is 2.93. The van der Waals surface area contributed by atoms with Gasteiger partial charge in [0.15, 0.2) is 0 Å². The van der Waals surface area contributed by atoms with E-state index in [1.54, 1.807) is 6.26 Å². The molecule has 2 aromatic carbocycles. The number of piperidine rings is 1. The van der Waals surface area contributed by atoms with Crippen molar-refractivity contribution in [2.45, 2.75) is 25.4 Å². The van der Waals surface area contributed by atoms with Gasteiger partial charge in [0.2, 0.25) is 0 Å². The summed E-state index contributed by atoms with van der Waals surface area (Å²) in [4.78, 5) is 23.3. The lowest BCUT2D eigenvalue weighted by Crippen LogP contribution is -2.46. The van der Waals surface area contributed by atoms with Gasteiger partial charge in [0, 0.05) is 22.0 Å². The van der Waals surface area contributed by atoms with Crippen molar-refractivity contribution < 1.29 is 9.21 Å². The summed E-state index contributed by atoms with van der Waals surface area (Å²) in [7, 11) is 2.13. The number of carbonyl (C=O) groups excluding carboxylic acids is 1. The average molecular weight is 460 g/mol. The van der Waals surface area contributed by atoms with Crippen molar-refractivity contribution in [2.75, 3.05) is 20.1 Å². The zero-order valence-corrected chi connectivity index (χ0v) is 19.3. The standard InChI is InChI=1S/C27H26ClN3O2/c1-30-14-12-19(13-15-30)31(18-20-7-6-16-33-20)27(32)23-17-26(22-9-2-4-10-24(22)28)29-25-11-5-3-8-21(23)25/h2-11,16-17,19H,12-15,18H2,1H3. The van der Waals surface area contributed by atoms with Crippen LogP contribution in [0.5, 0.6) is 0 Å². The van der Waals surface area contributed by atoms with Gasteiger partial charge in [-0.15, -0.1) is 0 Å². The number of fused-ring (bicyclic) bond motifs is 1. The summed E-state index contributed by atoms with van der Waals surface area (Å²) in [6.45, 7) is 2.38. The summed E-state index contributed by atoms with van der Waals surface area (Å²) in [6, 6.07) is 21.2. The van der Waals surface area contributed by atoms with Crippen LogP contribution in [0.3, 0.4) is 0 Å². The molecule has 1 aliphatic rings. The highest BCUT2D eigenvalue weighted by molar-refractivity contribution is 6.33. The molecule has 0 spiro atoms. The molecule has 33 heavy (non-hydrogen) atoms. The Hall–Kier alpha value is -3.15. The third-order valence-corrected chi connectivity index (χ3v) is 6.72. The number of aromatic nitrogens is 1. The maximum atomic E-state index is 14.1. The molecule has 5 rings (SSSR count). The van der Waals surface area contributed by atoms with Crippen LogP contribution >= 0.6 is 11.6 Å². The van der Waals surface area contributed by atoms with E-state index in [1.807, 2.05) is 71.6 Å². The van der Waals surface area contributed by atoms with Crippen molar-refractivity contribution in [1.29, 1.82) is 0 Å². The minimum atomic E-state index is -0.00661. The molecule has 0 N–H and O–H groups in total. The third kappa shape index (κ3) is 4.52. The Balaban J connectivity index is 1.60. The smallest absolute Gasteiger partial charge is 0.255 e. The van der Waals surface area contributed by atoms with Crippen molar-refractivity contribution >= 4 is 28.4 Å². The largest absolute Gasteiger partial charge is 0.467 e. The monoisotopic (exact) mass is 459 g/mol. The third-order valence-electron chi connectivity index (χ3n) is 6.39. The van der Waals surface area contributed by atoms with E-state index in [1.165, 1.54) is 0 Å². The predicted octanol–water partition coefficient (Wildman–Crippen LogP) is 5.88. The van der Waals surface area contributed by atoms with E-state index in [0.717, 1.165) is 48.2 Å². The highest BCUT2D eigenvalue weighted by Crippen LogP contribution is 2.31. The van der Waals surface area contributed by atoms with Gasteiger partial charge in [0.05, 0.1) is 29.6 Å². The van der Waals surface area contributed by atoms with Crippen LogP contribution < -0.4 is 0 Å². The van der Waals surface area contributed by atoms with E-state index in [9.17, 15) is 4.79 Å². The van der Waals surface area contributed by atoms with Gasteiger partial charge < -0.3 is 14.2 Å². The molecule has 1 aliphatic heterocycles. The van der Waals surface area contributed by atoms with E-state index in [4.69, 9.17) is 21.0 Å². The van der Waals surface area contributed by atoms with Gasteiger partial charge in [0.1, 0.15) is 5.76 Å². The molecule has 168 valence electrons. The van der Waals surface area contributed by atoms with E-state index in [0.29, 0.717) is 22.8 Å². The van der Waals surface area contributed by atoms with Crippen LogP contribution in [0.1, 0.15) is 29.0 Å². The molecular weight excluding hydrogens is 434 g/mol. The second-order valence-electron chi connectivity index (χ2n) is 8.60. The first-order chi connectivity index (χ1) is 16.1. The number of hydrogen-bond donors (Lipinski definition) is 0. The first kappa shape index (κ1) is 21.7. The van der Waals surface area contributed by atoms with E-state index in [-0.39, 0.29) is 11.9 Å². The van der Waals surface area contributed by atoms with Gasteiger partial charge in [-0.25, -0.2) is 4.98 Å².